The zero-order valence-corrected chi connectivity index (χ0v) is 11.5. The Morgan fingerprint density at radius 1 is 1.18 bits per heavy atom. The van der Waals surface area contributed by atoms with E-state index in [1.54, 1.807) is 0 Å². The van der Waals surface area contributed by atoms with Crippen LogP contribution in [0.15, 0.2) is 42.5 Å². The lowest BCUT2D eigenvalue weighted by Gasteiger charge is -2.26. The van der Waals surface area contributed by atoms with Crippen molar-refractivity contribution >= 4 is 11.6 Å². The molecule has 0 atom stereocenters. The summed E-state index contributed by atoms with van der Waals surface area (Å²) < 4.78 is 39.0. The van der Waals surface area contributed by atoms with Crippen molar-refractivity contribution < 1.29 is 18.0 Å². The first-order valence-corrected chi connectivity index (χ1v) is 6.75. The van der Waals surface area contributed by atoms with Gasteiger partial charge in [-0.3, -0.25) is 4.79 Å². The molecule has 0 saturated carbocycles. The number of rotatable bonds is 3. The second kappa shape index (κ2) is 5.36. The number of nitrogens with one attached hydrogen (secondary N) is 2. The van der Waals surface area contributed by atoms with E-state index in [1.165, 1.54) is 6.07 Å². The lowest BCUT2D eigenvalue weighted by molar-refractivity contribution is -0.138. The van der Waals surface area contributed by atoms with Crippen LogP contribution in [0.4, 0.5) is 18.9 Å². The molecule has 0 spiro atoms. The van der Waals surface area contributed by atoms with E-state index in [9.17, 15) is 18.0 Å². The molecular weight excluding hydrogens is 293 g/mol. The summed E-state index contributed by atoms with van der Waals surface area (Å²) in [5.41, 5.74) is 0.739. The number of anilines is 1. The van der Waals surface area contributed by atoms with Crippen LogP contribution in [0.3, 0.4) is 0 Å². The minimum absolute atomic E-state index is 0.00852. The van der Waals surface area contributed by atoms with Crippen LogP contribution in [0, 0.1) is 0 Å². The van der Waals surface area contributed by atoms with Gasteiger partial charge in [-0.25, -0.2) is 0 Å². The van der Waals surface area contributed by atoms with Crippen LogP contribution in [0.25, 0.3) is 0 Å². The fraction of sp³-hybridized carbons (Fsp3) is 0.188. The van der Waals surface area contributed by atoms with Crippen LogP contribution in [-0.2, 0) is 19.3 Å². The highest BCUT2D eigenvalue weighted by Gasteiger charge is 2.37. The van der Waals surface area contributed by atoms with Gasteiger partial charge in [-0.15, -0.1) is 0 Å². The maximum Gasteiger partial charge on any atom is 0.416 e. The molecule has 6 heteroatoms. The quantitative estimate of drug-likeness (QED) is 0.910. The highest BCUT2D eigenvalue weighted by molar-refractivity contribution is 5.96. The van der Waals surface area contributed by atoms with Gasteiger partial charge in [-0.2, -0.15) is 13.2 Å². The summed E-state index contributed by atoms with van der Waals surface area (Å²) in [7, 11) is 0. The van der Waals surface area contributed by atoms with Gasteiger partial charge >= 0.3 is 6.18 Å². The summed E-state index contributed by atoms with van der Waals surface area (Å²) >= 11 is 0. The molecule has 0 fully saturated rings. The van der Waals surface area contributed by atoms with Crippen molar-refractivity contribution in [3.8, 4) is 0 Å². The van der Waals surface area contributed by atoms with Crippen molar-refractivity contribution in [3.63, 3.8) is 0 Å². The first-order valence-electron chi connectivity index (χ1n) is 6.75. The standard InChI is InChI=1S/C16H13F3N2O/c17-16(18,19)13-6-11(7-14-12(13)9-20-14)15(22)21-8-10-4-2-1-3-5-10/h1-7,20H,8-9H2,(H,21,22). The van der Waals surface area contributed by atoms with Gasteiger partial charge in [-0.05, 0) is 17.7 Å². The minimum Gasteiger partial charge on any atom is -0.381 e. The number of hydrogen-bond donors (Lipinski definition) is 2. The Morgan fingerprint density at radius 2 is 1.91 bits per heavy atom. The molecule has 0 radical (unpaired) electrons. The fourth-order valence-corrected chi connectivity index (χ4v) is 2.36. The maximum atomic E-state index is 13.0. The third-order valence-corrected chi connectivity index (χ3v) is 3.57. The first kappa shape index (κ1) is 14.4. The average Bonchev–Trinajstić information content (AvgIpc) is 2.45. The maximum absolute atomic E-state index is 13.0. The summed E-state index contributed by atoms with van der Waals surface area (Å²) in [6, 6.07) is 11.6. The van der Waals surface area contributed by atoms with Crippen molar-refractivity contribution in [3.05, 3.63) is 64.7 Å². The van der Waals surface area contributed by atoms with Crippen molar-refractivity contribution in [2.24, 2.45) is 0 Å². The normalized spacial score (nSPS) is 12.9. The molecule has 2 aromatic rings. The fourth-order valence-electron chi connectivity index (χ4n) is 2.36. The van der Waals surface area contributed by atoms with E-state index in [-0.39, 0.29) is 24.2 Å². The largest absolute Gasteiger partial charge is 0.416 e. The van der Waals surface area contributed by atoms with Gasteiger partial charge in [-0.1, -0.05) is 30.3 Å². The third kappa shape index (κ3) is 2.77. The molecule has 3 rings (SSSR count). The van der Waals surface area contributed by atoms with Crippen molar-refractivity contribution in [1.82, 2.24) is 5.32 Å². The smallest absolute Gasteiger partial charge is 0.381 e. The molecule has 114 valence electrons. The number of carbonyl (C=O) groups excluding carboxylic acids is 1. The van der Waals surface area contributed by atoms with Crippen LogP contribution in [0.2, 0.25) is 0 Å². The van der Waals surface area contributed by atoms with Gasteiger partial charge < -0.3 is 10.6 Å². The molecule has 0 aliphatic carbocycles. The van der Waals surface area contributed by atoms with E-state index in [1.807, 2.05) is 30.3 Å². The molecule has 0 bridgehead atoms. The first-order chi connectivity index (χ1) is 10.4. The summed E-state index contributed by atoms with van der Waals surface area (Å²) in [4.78, 5) is 12.1. The molecule has 0 saturated heterocycles. The van der Waals surface area contributed by atoms with Crippen LogP contribution in [0.1, 0.15) is 27.0 Å². The molecule has 1 heterocycles. The van der Waals surface area contributed by atoms with Crippen LogP contribution >= 0.6 is 0 Å². The molecule has 1 aliphatic rings. The summed E-state index contributed by atoms with van der Waals surface area (Å²) in [5.74, 6) is -0.522. The number of benzene rings is 2. The lowest BCUT2D eigenvalue weighted by atomic mass is 9.96. The number of halogens is 3. The average molecular weight is 306 g/mol. The topological polar surface area (TPSA) is 41.1 Å². The lowest BCUT2D eigenvalue weighted by Crippen LogP contribution is -2.26. The molecule has 0 unspecified atom stereocenters. The van der Waals surface area contributed by atoms with E-state index in [0.717, 1.165) is 11.6 Å². The number of amides is 1. The predicted molar refractivity (Wildman–Crippen MR) is 76.4 cm³/mol. The van der Waals surface area contributed by atoms with Crippen molar-refractivity contribution in [2.75, 3.05) is 5.32 Å². The van der Waals surface area contributed by atoms with Gasteiger partial charge in [0.15, 0.2) is 0 Å². The Kier molecular flexibility index (Phi) is 3.52. The zero-order valence-electron chi connectivity index (χ0n) is 11.5. The van der Waals surface area contributed by atoms with E-state index >= 15 is 0 Å². The SMILES string of the molecule is O=C(NCc1ccccc1)c1cc2c(c(C(F)(F)F)c1)CN2. The van der Waals surface area contributed by atoms with E-state index in [0.29, 0.717) is 5.69 Å². The van der Waals surface area contributed by atoms with Gasteiger partial charge in [0.1, 0.15) is 0 Å². The molecule has 22 heavy (non-hydrogen) atoms. The number of carbonyl (C=O) groups is 1. The molecular formula is C16H13F3N2O. The number of alkyl halides is 3. The molecule has 3 nitrogen and oxygen atoms in total. The van der Waals surface area contributed by atoms with Crippen LogP contribution < -0.4 is 10.6 Å². The third-order valence-electron chi connectivity index (χ3n) is 3.57. The predicted octanol–water partition coefficient (Wildman–Crippen LogP) is 3.56. The van der Waals surface area contributed by atoms with Gasteiger partial charge in [0.05, 0.1) is 5.56 Å². The summed E-state index contributed by atoms with van der Waals surface area (Å²) in [5, 5.41) is 5.42. The highest BCUT2D eigenvalue weighted by atomic mass is 19.4. The second-order valence-electron chi connectivity index (χ2n) is 5.07. The molecule has 1 amide bonds. The molecule has 2 aromatic carbocycles. The summed E-state index contributed by atoms with van der Waals surface area (Å²) in [6.07, 6.45) is -4.46. The number of fused-ring (bicyclic) bond motifs is 1. The van der Waals surface area contributed by atoms with Crippen LogP contribution in [0.5, 0.6) is 0 Å². The van der Waals surface area contributed by atoms with Gasteiger partial charge in [0, 0.05) is 29.9 Å². The van der Waals surface area contributed by atoms with E-state index in [4.69, 9.17) is 0 Å². The molecule has 1 aliphatic heterocycles. The Balaban J connectivity index is 1.80. The zero-order chi connectivity index (χ0) is 15.7. The molecule has 2 N–H and O–H groups in total. The van der Waals surface area contributed by atoms with Crippen molar-refractivity contribution in [2.45, 2.75) is 19.3 Å². The van der Waals surface area contributed by atoms with Crippen molar-refractivity contribution in [1.29, 1.82) is 0 Å². The Bertz CT molecular complexity index is 711. The van der Waals surface area contributed by atoms with Crippen LogP contribution in [-0.4, -0.2) is 5.91 Å². The Labute approximate surface area is 125 Å². The van der Waals surface area contributed by atoms with E-state index in [2.05, 4.69) is 10.6 Å². The second-order valence-corrected chi connectivity index (χ2v) is 5.07. The number of hydrogen-bond acceptors (Lipinski definition) is 2. The van der Waals surface area contributed by atoms with Gasteiger partial charge in [0.2, 0.25) is 0 Å². The Morgan fingerprint density at radius 3 is 2.50 bits per heavy atom. The molecule has 0 aromatic heterocycles. The van der Waals surface area contributed by atoms with E-state index < -0.39 is 17.6 Å². The monoisotopic (exact) mass is 306 g/mol. The van der Waals surface area contributed by atoms with Gasteiger partial charge in [0.25, 0.3) is 5.91 Å². The summed E-state index contributed by atoms with van der Waals surface area (Å²) in [6.45, 7) is 0.446. The minimum atomic E-state index is -4.46. The highest BCUT2D eigenvalue weighted by Crippen LogP contribution is 2.40. The Hall–Kier alpha value is -2.50.